The van der Waals surface area contributed by atoms with Crippen LogP contribution in [-0.4, -0.2) is 112 Å². The second-order valence-electron chi connectivity index (χ2n) is 19.3. The normalized spacial score (nSPS) is 13.9. The van der Waals surface area contributed by atoms with E-state index in [1.807, 2.05) is 44.2 Å². The van der Waals surface area contributed by atoms with Gasteiger partial charge in [0, 0.05) is 43.7 Å². The number of anilines is 1. The molecule has 18 heteroatoms. The molecule has 2 aromatic rings. The molecule has 3 rings (SSSR count). The third-order valence-electron chi connectivity index (χ3n) is 10.5. The summed E-state index contributed by atoms with van der Waals surface area (Å²) < 4.78 is 5.38. The summed E-state index contributed by atoms with van der Waals surface area (Å²) in [6.07, 6.45) is 2.55. The standard InChI is InChI=1S/C48H72N8O9S/c1-33(2)16-21-40(58)54-30-55(41(59)22-24-47(3,4)5)32-56(31-54)42(60)23-26-66-29-39(57)52-38(27-34-13-10-9-11-14-34)44(62)53-37(15-12-25-50-46(49)64)43(61)51-36-19-17-35(18-20-36)28-65-45(63)48(6,7)8/h9-11,13-14,17-20,33,37-38H,12,15-16,21-32H2,1-8H3,(H,51,61)(H,52,57)(H,53,62)(H3,49,50,64)/t37-,38+/m0/s1. The molecule has 8 amide bonds. The highest BCUT2D eigenvalue weighted by atomic mass is 32.2. The Balaban J connectivity index is 1.66. The Kier molecular flexibility index (Phi) is 21.9. The summed E-state index contributed by atoms with van der Waals surface area (Å²) >= 11 is 1.21. The molecule has 17 nitrogen and oxygen atoms in total. The highest BCUT2D eigenvalue weighted by Crippen LogP contribution is 2.23. The van der Waals surface area contributed by atoms with Crippen LogP contribution >= 0.6 is 11.8 Å². The minimum Gasteiger partial charge on any atom is -0.460 e. The van der Waals surface area contributed by atoms with Crippen molar-refractivity contribution in [2.45, 2.75) is 125 Å². The van der Waals surface area contributed by atoms with Gasteiger partial charge in [-0.15, -0.1) is 0 Å². The Morgan fingerprint density at radius 2 is 1.30 bits per heavy atom. The van der Waals surface area contributed by atoms with Crippen molar-refractivity contribution in [2.24, 2.45) is 22.5 Å². The van der Waals surface area contributed by atoms with Crippen molar-refractivity contribution in [2.75, 3.05) is 43.4 Å². The summed E-state index contributed by atoms with van der Waals surface area (Å²) in [6, 6.07) is 12.9. The molecule has 1 aliphatic heterocycles. The minimum absolute atomic E-state index is 0.0543. The molecule has 364 valence electrons. The number of nitrogens with two attached hydrogens (primary N) is 1. The lowest BCUT2D eigenvalue weighted by atomic mass is 9.90. The maximum atomic E-state index is 14.0. The predicted octanol–water partition coefficient (Wildman–Crippen LogP) is 5.13. The molecular weight excluding hydrogens is 865 g/mol. The molecule has 1 fully saturated rings. The smallest absolute Gasteiger partial charge is 0.312 e. The molecule has 0 spiro atoms. The number of ether oxygens (including phenoxy) is 1. The largest absolute Gasteiger partial charge is 0.460 e. The first-order chi connectivity index (χ1) is 31.0. The Morgan fingerprint density at radius 3 is 1.86 bits per heavy atom. The predicted molar refractivity (Wildman–Crippen MR) is 255 cm³/mol. The number of hydrogen-bond donors (Lipinski definition) is 5. The van der Waals surface area contributed by atoms with Gasteiger partial charge in [0.1, 0.15) is 18.7 Å². The van der Waals surface area contributed by atoms with Crippen LogP contribution in [0.25, 0.3) is 0 Å². The Bertz CT molecular complexity index is 1950. The van der Waals surface area contributed by atoms with E-state index in [-0.39, 0.29) is 93.0 Å². The van der Waals surface area contributed by atoms with Crippen LogP contribution in [0.3, 0.4) is 0 Å². The van der Waals surface area contributed by atoms with Crippen LogP contribution in [0.5, 0.6) is 0 Å². The molecule has 2 atom stereocenters. The van der Waals surface area contributed by atoms with Crippen LogP contribution in [0.2, 0.25) is 0 Å². The molecule has 0 unspecified atom stereocenters. The number of urea groups is 1. The van der Waals surface area contributed by atoms with Gasteiger partial charge in [0.15, 0.2) is 0 Å². The van der Waals surface area contributed by atoms with Gasteiger partial charge in [-0.2, -0.15) is 11.8 Å². The number of nitrogens with zero attached hydrogens (tertiary/aromatic N) is 3. The second-order valence-corrected chi connectivity index (χ2v) is 20.4. The van der Waals surface area contributed by atoms with Crippen molar-refractivity contribution in [1.29, 1.82) is 0 Å². The second kappa shape index (κ2) is 26.5. The van der Waals surface area contributed by atoms with Crippen LogP contribution in [0.4, 0.5) is 10.5 Å². The summed E-state index contributed by atoms with van der Waals surface area (Å²) in [6.45, 7) is 16.0. The van der Waals surface area contributed by atoms with E-state index in [4.69, 9.17) is 10.5 Å². The SMILES string of the molecule is CC(C)CCC(=O)N1CN(C(=O)CCSCC(=O)N[C@H](Cc2ccccc2)C(=O)N[C@@H](CCCNC(N)=O)C(=O)Nc2ccc(COC(=O)C(C)(C)C)cc2)CN(C(=O)CCC(C)(C)C)C1. The van der Waals surface area contributed by atoms with Crippen molar-refractivity contribution >= 4 is 64.9 Å². The zero-order chi connectivity index (χ0) is 49.0. The zero-order valence-corrected chi connectivity index (χ0v) is 40.9. The van der Waals surface area contributed by atoms with E-state index in [9.17, 15) is 38.4 Å². The van der Waals surface area contributed by atoms with E-state index in [0.29, 0.717) is 49.3 Å². The lowest BCUT2D eigenvalue weighted by Crippen LogP contribution is -2.59. The van der Waals surface area contributed by atoms with Gasteiger partial charge in [-0.05, 0) is 81.0 Å². The quantitative estimate of drug-likeness (QED) is 0.0729. The van der Waals surface area contributed by atoms with E-state index in [1.54, 1.807) is 54.8 Å². The lowest BCUT2D eigenvalue weighted by molar-refractivity contribution is -0.159. The van der Waals surface area contributed by atoms with E-state index in [2.05, 4.69) is 42.0 Å². The van der Waals surface area contributed by atoms with E-state index in [0.717, 1.165) is 5.56 Å². The van der Waals surface area contributed by atoms with Crippen LogP contribution in [-0.2, 0) is 51.3 Å². The number of amides is 8. The fraction of sp³-hybridized carbons (Fsp3) is 0.583. The molecule has 1 aliphatic rings. The minimum atomic E-state index is -1.08. The average Bonchev–Trinajstić information content (AvgIpc) is 3.25. The summed E-state index contributed by atoms with van der Waals surface area (Å²) in [7, 11) is 0. The molecule has 1 saturated heterocycles. The third kappa shape index (κ3) is 20.7. The van der Waals surface area contributed by atoms with Gasteiger partial charge in [-0.1, -0.05) is 77.1 Å². The number of thioether (sulfide) groups is 1. The number of hydrogen-bond acceptors (Lipinski definition) is 10. The van der Waals surface area contributed by atoms with E-state index >= 15 is 0 Å². The fourth-order valence-electron chi connectivity index (χ4n) is 6.55. The van der Waals surface area contributed by atoms with Crippen molar-refractivity contribution in [1.82, 2.24) is 30.7 Å². The van der Waals surface area contributed by atoms with Crippen LogP contribution in [0, 0.1) is 16.7 Å². The molecular formula is C48H72N8O9S. The number of nitrogens with one attached hydrogen (secondary N) is 4. The summed E-state index contributed by atoms with van der Waals surface area (Å²) in [5.74, 6) is -1.94. The zero-order valence-electron chi connectivity index (χ0n) is 40.0. The summed E-state index contributed by atoms with van der Waals surface area (Å²) in [4.78, 5) is 109. The number of primary amides is 1. The summed E-state index contributed by atoms with van der Waals surface area (Å²) in [5.41, 5.74) is 6.42. The maximum Gasteiger partial charge on any atom is 0.312 e. The Labute approximate surface area is 394 Å². The van der Waals surface area contributed by atoms with E-state index in [1.165, 1.54) is 16.7 Å². The molecule has 2 aromatic carbocycles. The van der Waals surface area contributed by atoms with Gasteiger partial charge < -0.3 is 46.4 Å². The van der Waals surface area contributed by atoms with Crippen molar-refractivity contribution in [3.05, 3.63) is 65.7 Å². The summed E-state index contributed by atoms with van der Waals surface area (Å²) in [5, 5.41) is 10.9. The molecule has 0 aliphatic carbocycles. The monoisotopic (exact) mass is 937 g/mol. The van der Waals surface area contributed by atoms with Crippen molar-refractivity contribution < 1.29 is 43.1 Å². The molecule has 0 saturated carbocycles. The maximum absolute atomic E-state index is 14.0. The molecule has 0 bridgehead atoms. The number of esters is 1. The number of rotatable bonds is 23. The van der Waals surface area contributed by atoms with Gasteiger partial charge in [0.05, 0.1) is 31.2 Å². The van der Waals surface area contributed by atoms with Crippen molar-refractivity contribution in [3.63, 3.8) is 0 Å². The first kappa shape index (κ1) is 54.7. The molecule has 0 aromatic heterocycles. The first-order valence-electron chi connectivity index (χ1n) is 22.7. The van der Waals surface area contributed by atoms with Crippen molar-refractivity contribution in [3.8, 4) is 0 Å². The van der Waals surface area contributed by atoms with Gasteiger partial charge in [-0.25, -0.2) is 4.79 Å². The molecule has 0 radical (unpaired) electrons. The van der Waals surface area contributed by atoms with Gasteiger partial charge in [0.25, 0.3) is 0 Å². The Morgan fingerprint density at radius 1 is 0.712 bits per heavy atom. The number of carbonyl (C=O) groups excluding carboxylic acids is 8. The van der Waals surface area contributed by atoms with Crippen LogP contribution < -0.4 is 27.0 Å². The highest BCUT2D eigenvalue weighted by Gasteiger charge is 2.33. The molecule has 6 N–H and O–H groups in total. The van der Waals surface area contributed by atoms with Gasteiger partial charge in [0.2, 0.25) is 35.4 Å². The van der Waals surface area contributed by atoms with Crippen LogP contribution in [0.15, 0.2) is 54.6 Å². The third-order valence-corrected chi connectivity index (χ3v) is 11.5. The van der Waals surface area contributed by atoms with Gasteiger partial charge in [-0.3, -0.25) is 33.6 Å². The Hall–Kier alpha value is -5.65. The first-order valence-corrected chi connectivity index (χ1v) is 23.8. The number of benzene rings is 2. The van der Waals surface area contributed by atoms with E-state index < -0.39 is 41.3 Å². The van der Waals surface area contributed by atoms with Gasteiger partial charge >= 0.3 is 12.0 Å². The average molecular weight is 937 g/mol. The fourth-order valence-corrected chi connectivity index (χ4v) is 7.28. The molecule has 66 heavy (non-hydrogen) atoms. The lowest BCUT2D eigenvalue weighted by Gasteiger charge is -2.42. The highest BCUT2D eigenvalue weighted by molar-refractivity contribution is 7.99. The molecule has 1 heterocycles. The number of carbonyl (C=O) groups is 8. The topological polar surface area (TPSA) is 230 Å². The van der Waals surface area contributed by atoms with Crippen LogP contribution in [0.1, 0.15) is 111 Å².